The maximum Gasteiger partial charge on any atom is 0.340 e. The van der Waals surface area contributed by atoms with Gasteiger partial charge in [-0.05, 0) is 92.5 Å². The summed E-state index contributed by atoms with van der Waals surface area (Å²) in [5.41, 5.74) is 1.89. The number of para-hydroxylation sites is 1. The van der Waals surface area contributed by atoms with Gasteiger partial charge < -0.3 is 15.4 Å². The van der Waals surface area contributed by atoms with Crippen molar-refractivity contribution in [1.29, 1.82) is 0 Å². The highest BCUT2D eigenvalue weighted by atomic mass is 35.5. The third kappa shape index (κ3) is 5.84. The number of hydrogen-bond donors (Lipinski definition) is 3. The molecule has 36 heavy (non-hydrogen) atoms. The summed E-state index contributed by atoms with van der Waals surface area (Å²) in [6, 6.07) is 14.1. The molecule has 0 aromatic heterocycles. The minimum Gasteiger partial charge on any atom is -0.452 e. The summed E-state index contributed by atoms with van der Waals surface area (Å²) in [6.45, 7) is 0.0865. The molecule has 0 heterocycles. The van der Waals surface area contributed by atoms with Crippen molar-refractivity contribution < 1.29 is 19.1 Å². The Morgan fingerprint density at radius 3 is 2.22 bits per heavy atom. The van der Waals surface area contributed by atoms with Crippen molar-refractivity contribution in [1.82, 2.24) is 10.6 Å². The topological polar surface area (TPSA) is 96.5 Å². The zero-order valence-electron chi connectivity index (χ0n) is 20.2. The molecule has 4 fully saturated rings. The van der Waals surface area contributed by atoms with Gasteiger partial charge >= 0.3 is 12.0 Å². The summed E-state index contributed by atoms with van der Waals surface area (Å²) in [5.74, 6) is 0.800. The molecule has 6 rings (SSSR count). The quantitative estimate of drug-likeness (QED) is 0.438. The Hall–Kier alpha value is -3.06. The Labute approximate surface area is 216 Å². The first-order valence-corrected chi connectivity index (χ1v) is 13.1. The number of carbonyl (C=O) groups excluding carboxylic acids is 3. The molecule has 3 amide bonds. The van der Waals surface area contributed by atoms with Crippen molar-refractivity contribution >= 4 is 35.2 Å². The third-order valence-electron chi connectivity index (χ3n) is 7.79. The first-order valence-electron chi connectivity index (χ1n) is 12.7. The van der Waals surface area contributed by atoms with Gasteiger partial charge in [0, 0.05) is 22.8 Å². The van der Waals surface area contributed by atoms with E-state index in [1.165, 1.54) is 19.3 Å². The van der Waals surface area contributed by atoms with Crippen molar-refractivity contribution in [2.24, 2.45) is 17.8 Å². The number of imide groups is 1. The number of halogens is 1. The average molecular weight is 510 g/mol. The van der Waals surface area contributed by atoms with Crippen LogP contribution < -0.4 is 16.0 Å². The van der Waals surface area contributed by atoms with Crippen LogP contribution in [0.3, 0.4) is 0 Å². The molecule has 7 nitrogen and oxygen atoms in total. The molecule has 4 aliphatic carbocycles. The van der Waals surface area contributed by atoms with E-state index in [1.807, 2.05) is 30.3 Å². The minimum absolute atomic E-state index is 0.188. The largest absolute Gasteiger partial charge is 0.452 e. The van der Waals surface area contributed by atoms with Gasteiger partial charge in [0.25, 0.3) is 5.91 Å². The molecule has 3 N–H and O–H groups in total. The zero-order chi connectivity index (χ0) is 25.1. The van der Waals surface area contributed by atoms with Crippen LogP contribution in [-0.2, 0) is 16.0 Å². The molecule has 0 aliphatic heterocycles. The molecule has 0 radical (unpaired) electrons. The highest BCUT2D eigenvalue weighted by molar-refractivity contribution is 6.30. The number of anilines is 1. The van der Waals surface area contributed by atoms with E-state index in [2.05, 4.69) is 16.0 Å². The second-order valence-corrected chi connectivity index (χ2v) is 11.1. The van der Waals surface area contributed by atoms with Crippen LogP contribution in [0.1, 0.15) is 54.4 Å². The van der Waals surface area contributed by atoms with E-state index in [9.17, 15) is 14.4 Å². The van der Waals surface area contributed by atoms with Gasteiger partial charge in [0.15, 0.2) is 6.61 Å². The predicted molar refractivity (Wildman–Crippen MR) is 138 cm³/mol. The summed E-state index contributed by atoms with van der Waals surface area (Å²) in [7, 11) is 0. The van der Waals surface area contributed by atoms with Gasteiger partial charge in [-0.3, -0.25) is 10.1 Å². The standard InChI is InChI=1S/C28H32ClN3O4/c29-22-7-5-18(6-8-22)9-10-30-24-4-2-1-3-23(24)26(34)36-17-25(33)31-27(35)32-28-14-19-11-20(15-28)13-21(12-19)16-28/h1-8,19-21,30H,9-17H2,(H2,31,32,33,35). The third-order valence-corrected chi connectivity index (χ3v) is 8.05. The summed E-state index contributed by atoms with van der Waals surface area (Å²) in [5, 5.41) is 9.38. The van der Waals surface area contributed by atoms with Crippen LogP contribution >= 0.6 is 11.6 Å². The number of esters is 1. The van der Waals surface area contributed by atoms with E-state index in [0.29, 0.717) is 40.6 Å². The van der Waals surface area contributed by atoms with E-state index in [1.54, 1.807) is 18.2 Å². The number of amides is 3. The fraction of sp³-hybridized carbons (Fsp3) is 0.464. The fourth-order valence-corrected chi connectivity index (χ4v) is 6.84. The smallest absolute Gasteiger partial charge is 0.340 e. The second kappa shape index (κ2) is 10.5. The van der Waals surface area contributed by atoms with Gasteiger partial charge in [0.2, 0.25) is 0 Å². The lowest BCUT2D eigenvalue weighted by molar-refractivity contribution is -0.123. The van der Waals surface area contributed by atoms with E-state index in [-0.39, 0.29) is 5.54 Å². The lowest BCUT2D eigenvalue weighted by Crippen LogP contribution is -2.62. The van der Waals surface area contributed by atoms with Gasteiger partial charge in [-0.2, -0.15) is 0 Å². The second-order valence-electron chi connectivity index (χ2n) is 10.6. The van der Waals surface area contributed by atoms with Crippen LogP contribution in [-0.4, -0.2) is 36.6 Å². The Balaban J connectivity index is 1.09. The van der Waals surface area contributed by atoms with Crippen LogP contribution in [0, 0.1) is 17.8 Å². The highest BCUT2D eigenvalue weighted by Crippen LogP contribution is 2.55. The Bertz CT molecular complexity index is 1100. The first kappa shape index (κ1) is 24.6. The molecule has 8 heteroatoms. The number of benzene rings is 2. The molecule has 0 atom stereocenters. The molecule has 4 saturated carbocycles. The molecule has 0 spiro atoms. The Morgan fingerprint density at radius 2 is 1.56 bits per heavy atom. The van der Waals surface area contributed by atoms with Crippen molar-refractivity contribution in [2.45, 2.75) is 50.5 Å². The van der Waals surface area contributed by atoms with Crippen molar-refractivity contribution in [2.75, 3.05) is 18.5 Å². The predicted octanol–water partition coefficient (Wildman–Crippen LogP) is 4.95. The Morgan fingerprint density at radius 1 is 0.917 bits per heavy atom. The summed E-state index contributed by atoms with van der Waals surface area (Å²) in [4.78, 5) is 37.6. The molecule has 2 aromatic rings. The molecule has 190 valence electrons. The molecule has 0 saturated heterocycles. The van der Waals surface area contributed by atoms with Crippen molar-refractivity contribution in [3.8, 4) is 0 Å². The highest BCUT2D eigenvalue weighted by Gasteiger charge is 2.51. The first-order chi connectivity index (χ1) is 17.4. The Kier molecular flexibility index (Phi) is 7.19. The number of ether oxygens (including phenoxy) is 1. The molecule has 2 aromatic carbocycles. The molecular weight excluding hydrogens is 478 g/mol. The number of urea groups is 1. The van der Waals surface area contributed by atoms with Gasteiger partial charge in [-0.15, -0.1) is 0 Å². The van der Waals surface area contributed by atoms with Crippen molar-refractivity contribution in [3.05, 3.63) is 64.7 Å². The monoisotopic (exact) mass is 509 g/mol. The fourth-order valence-electron chi connectivity index (χ4n) is 6.72. The maximum absolute atomic E-state index is 12.7. The van der Waals surface area contributed by atoms with Gasteiger partial charge in [0.05, 0.1) is 5.56 Å². The lowest BCUT2D eigenvalue weighted by Gasteiger charge is -2.56. The van der Waals surface area contributed by atoms with Gasteiger partial charge in [-0.25, -0.2) is 9.59 Å². The zero-order valence-corrected chi connectivity index (χ0v) is 21.0. The van der Waals surface area contributed by atoms with Gasteiger partial charge in [0.1, 0.15) is 0 Å². The molecule has 4 bridgehead atoms. The lowest BCUT2D eigenvalue weighted by atomic mass is 9.53. The normalized spacial score (nSPS) is 25.8. The molecule has 4 aliphatic rings. The molecular formula is C28H32ClN3O4. The van der Waals surface area contributed by atoms with E-state index >= 15 is 0 Å². The average Bonchev–Trinajstić information content (AvgIpc) is 2.83. The summed E-state index contributed by atoms with van der Waals surface area (Å²) < 4.78 is 5.22. The summed E-state index contributed by atoms with van der Waals surface area (Å²) in [6.07, 6.45) is 7.56. The number of hydrogen-bond acceptors (Lipinski definition) is 5. The summed E-state index contributed by atoms with van der Waals surface area (Å²) >= 11 is 5.93. The van der Waals surface area contributed by atoms with E-state index < -0.39 is 24.5 Å². The van der Waals surface area contributed by atoms with Crippen LogP contribution in [0.4, 0.5) is 10.5 Å². The van der Waals surface area contributed by atoms with Crippen molar-refractivity contribution in [3.63, 3.8) is 0 Å². The number of carbonyl (C=O) groups is 3. The van der Waals surface area contributed by atoms with Crippen LogP contribution in [0.15, 0.2) is 48.5 Å². The number of rotatable bonds is 8. The van der Waals surface area contributed by atoms with E-state index in [4.69, 9.17) is 16.3 Å². The van der Waals surface area contributed by atoms with E-state index in [0.717, 1.165) is 31.2 Å². The van der Waals surface area contributed by atoms with Crippen LogP contribution in [0.5, 0.6) is 0 Å². The van der Waals surface area contributed by atoms with Crippen LogP contribution in [0.2, 0.25) is 5.02 Å². The van der Waals surface area contributed by atoms with Crippen LogP contribution in [0.25, 0.3) is 0 Å². The SMILES string of the molecule is O=C(COC(=O)c1ccccc1NCCc1ccc(Cl)cc1)NC(=O)NC12CC3CC(CC(C3)C1)C2. The van der Waals surface area contributed by atoms with Gasteiger partial charge in [-0.1, -0.05) is 35.9 Å². The maximum atomic E-state index is 12.7. The molecule has 0 unspecified atom stereocenters. The minimum atomic E-state index is -0.640. The number of nitrogens with one attached hydrogen (secondary N) is 3.